The summed E-state index contributed by atoms with van der Waals surface area (Å²) in [7, 11) is 3.88. The minimum Gasteiger partial charge on any atom is -0.494 e. The van der Waals surface area contributed by atoms with Gasteiger partial charge in [-0.15, -0.1) is 35.3 Å². The molecule has 0 bridgehead atoms. The molecular formula is C18H26IN3OS. The summed E-state index contributed by atoms with van der Waals surface area (Å²) >= 11 is 1.80. The predicted octanol–water partition coefficient (Wildman–Crippen LogP) is 4.01. The van der Waals surface area contributed by atoms with Gasteiger partial charge in [0.25, 0.3) is 0 Å². The number of halogens is 1. The van der Waals surface area contributed by atoms with E-state index in [0.717, 1.165) is 30.2 Å². The molecule has 0 aliphatic heterocycles. The highest BCUT2D eigenvalue weighted by molar-refractivity contribution is 14.0. The number of hydrogen-bond donors (Lipinski definition) is 1. The molecule has 0 saturated heterocycles. The monoisotopic (exact) mass is 459 g/mol. The third kappa shape index (κ3) is 6.32. The molecule has 132 valence electrons. The molecule has 0 saturated carbocycles. The SMILES string of the molecule is CCOc1ccccc1CNC(=NC)N(C)CCc1cccs1.I. The van der Waals surface area contributed by atoms with Crippen molar-refractivity contribution in [2.75, 3.05) is 27.2 Å². The Morgan fingerprint density at radius 3 is 2.71 bits per heavy atom. The molecule has 2 aromatic rings. The van der Waals surface area contributed by atoms with E-state index >= 15 is 0 Å². The summed E-state index contributed by atoms with van der Waals surface area (Å²) in [6, 6.07) is 12.4. The highest BCUT2D eigenvalue weighted by Gasteiger charge is 2.08. The van der Waals surface area contributed by atoms with E-state index < -0.39 is 0 Å². The van der Waals surface area contributed by atoms with E-state index in [1.807, 2.05) is 32.2 Å². The lowest BCUT2D eigenvalue weighted by atomic mass is 10.2. The number of para-hydroxylation sites is 1. The van der Waals surface area contributed by atoms with E-state index in [1.54, 1.807) is 11.3 Å². The van der Waals surface area contributed by atoms with Crippen LogP contribution in [0.5, 0.6) is 5.75 Å². The summed E-state index contributed by atoms with van der Waals surface area (Å²) in [5, 5.41) is 5.53. The Hall–Kier alpha value is -1.28. The molecule has 0 radical (unpaired) electrons. The number of guanidine groups is 1. The first-order valence-corrected chi connectivity index (χ1v) is 8.77. The van der Waals surface area contributed by atoms with Gasteiger partial charge in [-0.05, 0) is 30.9 Å². The van der Waals surface area contributed by atoms with Crippen LogP contribution in [-0.2, 0) is 13.0 Å². The largest absolute Gasteiger partial charge is 0.494 e. The number of aliphatic imine (C=N–C) groups is 1. The van der Waals surface area contributed by atoms with Gasteiger partial charge in [-0.3, -0.25) is 4.99 Å². The molecule has 1 aromatic heterocycles. The van der Waals surface area contributed by atoms with Gasteiger partial charge in [0.1, 0.15) is 5.75 Å². The Morgan fingerprint density at radius 2 is 2.04 bits per heavy atom. The Balaban J connectivity index is 0.00000288. The molecule has 0 spiro atoms. The van der Waals surface area contributed by atoms with Gasteiger partial charge >= 0.3 is 0 Å². The van der Waals surface area contributed by atoms with Crippen LogP contribution in [0.1, 0.15) is 17.4 Å². The average molecular weight is 459 g/mol. The average Bonchev–Trinajstić information content (AvgIpc) is 3.08. The van der Waals surface area contributed by atoms with Gasteiger partial charge in [0, 0.05) is 37.6 Å². The molecule has 0 aliphatic rings. The standard InChI is InChI=1S/C18H25N3OS.HI/c1-4-22-17-10-6-5-8-15(17)14-20-18(19-2)21(3)12-11-16-9-7-13-23-16;/h5-10,13H,4,11-12,14H2,1-3H3,(H,19,20);1H. The first-order valence-electron chi connectivity index (χ1n) is 7.89. The van der Waals surface area contributed by atoms with Gasteiger partial charge in [0.15, 0.2) is 5.96 Å². The first-order chi connectivity index (χ1) is 11.2. The minimum absolute atomic E-state index is 0. The third-order valence-electron chi connectivity index (χ3n) is 3.56. The number of thiophene rings is 1. The number of likely N-dealkylation sites (N-methyl/N-ethyl adjacent to an activating group) is 1. The molecule has 0 fully saturated rings. The van der Waals surface area contributed by atoms with Crippen LogP contribution in [0, 0.1) is 0 Å². The molecular weight excluding hydrogens is 433 g/mol. The third-order valence-corrected chi connectivity index (χ3v) is 4.49. The minimum atomic E-state index is 0. The van der Waals surface area contributed by atoms with Crippen LogP contribution in [0.15, 0.2) is 46.8 Å². The molecule has 2 rings (SSSR count). The molecule has 0 amide bonds. The molecule has 0 atom stereocenters. The van der Waals surface area contributed by atoms with Crippen LogP contribution in [0.25, 0.3) is 0 Å². The van der Waals surface area contributed by atoms with Crippen molar-refractivity contribution in [3.05, 3.63) is 52.2 Å². The zero-order valence-electron chi connectivity index (χ0n) is 14.5. The van der Waals surface area contributed by atoms with E-state index in [4.69, 9.17) is 4.74 Å². The molecule has 1 aromatic carbocycles. The van der Waals surface area contributed by atoms with Crippen molar-refractivity contribution in [2.45, 2.75) is 19.9 Å². The zero-order valence-corrected chi connectivity index (χ0v) is 17.6. The molecule has 0 aliphatic carbocycles. The van der Waals surface area contributed by atoms with Crippen LogP contribution in [-0.4, -0.2) is 38.1 Å². The van der Waals surface area contributed by atoms with Crippen LogP contribution in [0.4, 0.5) is 0 Å². The normalized spacial score (nSPS) is 10.9. The second-order valence-electron chi connectivity index (χ2n) is 5.19. The van der Waals surface area contributed by atoms with Crippen LogP contribution >= 0.6 is 35.3 Å². The van der Waals surface area contributed by atoms with Crippen LogP contribution in [0.2, 0.25) is 0 Å². The second-order valence-corrected chi connectivity index (χ2v) is 6.22. The summed E-state index contributed by atoms with van der Waals surface area (Å²) in [5.41, 5.74) is 1.14. The van der Waals surface area contributed by atoms with Crippen LogP contribution < -0.4 is 10.1 Å². The number of benzene rings is 1. The lowest BCUT2D eigenvalue weighted by Gasteiger charge is -2.22. The second kappa shape index (κ2) is 11.3. The van der Waals surface area contributed by atoms with Crippen molar-refractivity contribution in [2.24, 2.45) is 4.99 Å². The van der Waals surface area contributed by atoms with Crippen molar-refractivity contribution in [1.29, 1.82) is 0 Å². The topological polar surface area (TPSA) is 36.9 Å². The van der Waals surface area contributed by atoms with Gasteiger partial charge in [-0.2, -0.15) is 0 Å². The number of ether oxygens (including phenoxy) is 1. The van der Waals surface area contributed by atoms with Gasteiger partial charge in [-0.25, -0.2) is 0 Å². The Kier molecular flexibility index (Phi) is 9.78. The van der Waals surface area contributed by atoms with Crippen molar-refractivity contribution < 1.29 is 4.74 Å². The highest BCUT2D eigenvalue weighted by atomic mass is 127. The molecule has 6 heteroatoms. The van der Waals surface area contributed by atoms with E-state index in [9.17, 15) is 0 Å². The Labute approximate surface area is 166 Å². The fourth-order valence-electron chi connectivity index (χ4n) is 2.34. The van der Waals surface area contributed by atoms with Crippen molar-refractivity contribution in [1.82, 2.24) is 10.2 Å². The van der Waals surface area contributed by atoms with Crippen LogP contribution in [0.3, 0.4) is 0 Å². The quantitative estimate of drug-likeness (QED) is 0.386. The van der Waals surface area contributed by atoms with Crippen molar-refractivity contribution in [3.63, 3.8) is 0 Å². The van der Waals surface area contributed by atoms with E-state index in [-0.39, 0.29) is 24.0 Å². The molecule has 1 heterocycles. The van der Waals surface area contributed by atoms with Crippen molar-refractivity contribution in [3.8, 4) is 5.75 Å². The van der Waals surface area contributed by atoms with Crippen molar-refractivity contribution >= 4 is 41.3 Å². The predicted molar refractivity (Wildman–Crippen MR) is 114 cm³/mol. The van der Waals surface area contributed by atoms with Gasteiger partial charge in [-0.1, -0.05) is 24.3 Å². The Bertz CT molecular complexity index is 616. The fraction of sp³-hybridized carbons (Fsp3) is 0.389. The van der Waals surface area contributed by atoms with Gasteiger partial charge in [0.05, 0.1) is 6.61 Å². The van der Waals surface area contributed by atoms with Gasteiger partial charge < -0.3 is 15.0 Å². The smallest absolute Gasteiger partial charge is 0.193 e. The maximum Gasteiger partial charge on any atom is 0.193 e. The van der Waals surface area contributed by atoms with E-state index in [1.165, 1.54) is 4.88 Å². The highest BCUT2D eigenvalue weighted by Crippen LogP contribution is 2.17. The molecule has 0 unspecified atom stereocenters. The zero-order chi connectivity index (χ0) is 16.5. The van der Waals surface area contributed by atoms with Gasteiger partial charge in [0.2, 0.25) is 0 Å². The maximum atomic E-state index is 5.67. The Morgan fingerprint density at radius 1 is 1.25 bits per heavy atom. The van der Waals surface area contributed by atoms with E-state index in [2.05, 4.69) is 45.8 Å². The fourth-order valence-corrected chi connectivity index (χ4v) is 3.04. The number of nitrogens with zero attached hydrogens (tertiary/aromatic N) is 2. The molecule has 4 nitrogen and oxygen atoms in total. The molecule has 24 heavy (non-hydrogen) atoms. The summed E-state index contributed by atoms with van der Waals surface area (Å²) in [5.74, 6) is 1.83. The summed E-state index contributed by atoms with van der Waals surface area (Å²) < 4.78 is 5.67. The lowest BCUT2D eigenvalue weighted by Crippen LogP contribution is -2.39. The molecule has 1 N–H and O–H groups in total. The summed E-state index contributed by atoms with van der Waals surface area (Å²) in [4.78, 5) is 7.93. The number of hydrogen-bond acceptors (Lipinski definition) is 3. The van der Waals surface area contributed by atoms with E-state index in [0.29, 0.717) is 13.2 Å². The maximum absolute atomic E-state index is 5.67. The summed E-state index contributed by atoms with van der Waals surface area (Å²) in [6.45, 7) is 4.31. The number of nitrogens with one attached hydrogen (secondary N) is 1. The first kappa shape index (κ1) is 20.8. The summed E-state index contributed by atoms with van der Waals surface area (Å²) in [6.07, 6.45) is 1.03. The number of rotatable bonds is 7. The lowest BCUT2D eigenvalue weighted by molar-refractivity contribution is 0.336.